The van der Waals surface area contributed by atoms with Crippen LogP contribution in [0.4, 0.5) is 23.0 Å². The van der Waals surface area contributed by atoms with Gasteiger partial charge in [0.25, 0.3) is 0 Å². The number of rotatable bonds is 12. The van der Waals surface area contributed by atoms with Gasteiger partial charge in [-0.15, -0.1) is 0 Å². The maximum Gasteiger partial charge on any atom is 0.310 e. The quantitative estimate of drug-likeness (QED) is 0.0518. The van der Waals surface area contributed by atoms with Crippen LogP contribution in [0.1, 0.15) is 74.9 Å². The molecule has 332 valence electrons. The second kappa shape index (κ2) is 22.6. The summed E-state index contributed by atoms with van der Waals surface area (Å²) in [7, 11) is 0. The highest BCUT2D eigenvalue weighted by atomic mass is 35.5. The van der Waals surface area contributed by atoms with Crippen molar-refractivity contribution in [2.75, 3.05) is 22.1 Å². The van der Waals surface area contributed by atoms with E-state index in [4.69, 9.17) is 55.7 Å². The van der Waals surface area contributed by atoms with Gasteiger partial charge in [-0.2, -0.15) is 0 Å². The molecule has 0 fully saturated rings. The largest absolute Gasteiger partial charge is 0.424 e. The number of nitrogen functional groups attached to an aromatic ring is 2. The number of pyridine rings is 4. The smallest absolute Gasteiger partial charge is 0.310 e. The minimum absolute atomic E-state index is 0.202. The average molecular weight is 930 g/mol. The maximum atomic E-state index is 12.3. The molecule has 4 aromatic heterocycles. The summed E-state index contributed by atoms with van der Waals surface area (Å²) in [6.07, 6.45) is 7.10. The highest BCUT2D eigenvalue weighted by Crippen LogP contribution is 2.44. The molecule has 8 aromatic rings. The Kier molecular flexibility index (Phi) is 16.5. The van der Waals surface area contributed by atoms with E-state index in [-0.39, 0.29) is 18.8 Å². The monoisotopic (exact) mass is 928 g/mol. The number of fused-ring (bicyclic) bond motifs is 2. The van der Waals surface area contributed by atoms with Crippen LogP contribution in [0, 0.1) is 0 Å². The molecule has 0 spiro atoms. The molecule has 0 amide bonds. The Bertz CT molecular complexity index is 2910. The molecule has 8 rings (SSSR count). The predicted octanol–water partition coefficient (Wildman–Crippen LogP) is 12.4. The van der Waals surface area contributed by atoms with Gasteiger partial charge >= 0.3 is 11.9 Å². The first-order valence-electron chi connectivity index (χ1n) is 20.9. The first-order chi connectivity index (χ1) is 31.6. The van der Waals surface area contributed by atoms with Gasteiger partial charge in [-0.3, -0.25) is 19.6 Å². The van der Waals surface area contributed by atoms with Crippen molar-refractivity contribution in [2.45, 2.75) is 52.6 Å². The number of anilines is 4. The number of hydrogen-bond donors (Lipinski definition) is 4. The molecular weight excluding hydrogens is 883 g/mol. The molecule has 2 unspecified atom stereocenters. The zero-order valence-electron chi connectivity index (χ0n) is 36.1. The summed E-state index contributed by atoms with van der Waals surface area (Å²) in [5, 5.41) is 9.58. The van der Waals surface area contributed by atoms with Crippen LogP contribution in [-0.2, 0) is 9.59 Å². The van der Waals surface area contributed by atoms with Crippen molar-refractivity contribution in [1.29, 1.82) is 0 Å². The summed E-state index contributed by atoms with van der Waals surface area (Å²) in [4.78, 5) is 42.3. The molecule has 0 saturated heterocycles. The second-order valence-corrected chi connectivity index (χ2v) is 15.1. The number of nitrogens with one attached hydrogen (secondary N) is 2. The third-order valence-corrected chi connectivity index (χ3v) is 11.1. The molecule has 0 aliphatic rings. The highest BCUT2D eigenvalue weighted by Gasteiger charge is 2.28. The van der Waals surface area contributed by atoms with Crippen LogP contribution in [0.15, 0.2) is 140 Å². The van der Waals surface area contributed by atoms with E-state index in [0.717, 1.165) is 10.9 Å². The van der Waals surface area contributed by atoms with E-state index in [1.165, 1.54) is 0 Å². The zero-order chi connectivity index (χ0) is 46.5. The van der Waals surface area contributed by atoms with Gasteiger partial charge in [0.1, 0.15) is 22.7 Å². The number of ether oxygens (including phenoxy) is 2. The van der Waals surface area contributed by atoms with Gasteiger partial charge in [-0.05, 0) is 71.8 Å². The number of esters is 2. The van der Waals surface area contributed by atoms with Crippen molar-refractivity contribution in [3.05, 3.63) is 177 Å². The van der Waals surface area contributed by atoms with Crippen molar-refractivity contribution in [3.63, 3.8) is 0 Å². The molecule has 65 heavy (non-hydrogen) atoms. The molecular formula is C50H47Cl3N8O4. The van der Waals surface area contributed by atoms with Gasteiger partial charge in [-0.1, -0.05) is 117 Å². The summed E-state index contributed by atoms with van der Waals surface area (Å²) in [6, 6.07) is 33.8. The fourth-order valence-corrected chi connectivity index (χ4v) is 7.52. The number of carbonyl (C=O) groups is 2. The lowest BCUT2D eigenvalue weighted by atomic mass is 9.95. The Morgan fingerprint density at radius 1 is 0.554 bits per heavy atom. The molecule has 4 heterocycles. The van der Waals surface area contributed by atoms with Crippen LogP contribution >= 0.6 is 34.8 Å². The molecule has 15 heteroatoms. The summed E-state index contributed by atoms with van der Waals surface area (Å²) < 4.78 is 11.6. The summed E-state index contributed by atoms with van der Waals surface area (Å²) in [5.41, 5.74) is 16.8. The van der Waals surface area contributed by atoms with Crippen LogP contribution in [0.2, 0.25) is 15.1 Å². The summed E-state index contributed by atoms with van der Waals surface area (Å²) in [5.74, 6) is 1.19. The van der Waals surface area contributed by atoms with Crippen molar-refractivity contribution in [1.82, 2.24) is 19.9 Å². The lowest BCUT2D eigenvalue weighted by Crippen LogP contribution is -2.17. The van der Waals surface area contributed by atoms with E-state index in [1.54, 1.807) is 62.9 Å². The number of nitrogens with zero attached hydrogens (tertiary/aromatic N) is 4. The Morgan fingerprint density at radius 2 is 1.05 bits per heavy atom. The van der Waals surface area contributed by atoms with Gasteiger partial charge in [0.2, 0.25) is 0 Å². The number of benzene rings is 4. The van der Waals surface area contributed by atoms with Crippen molar-refractivity contribution < 1.29 is 19.1 Å². The fraction of sp³-hybridized carbons (Fsp3) is 0.160. The summed E-state index contributed by atoms with van der Waals surface area (Å²) >= 11 is 19.8. The van der Waals surface area contributed by atoms with Gasteiger partial charge < -0.3 is 31.6 Å². The Hall–Kier alpha value is -6.99. The molecule has 0 bridgehead atoms. The maximum absolute atomic E-state index is 12.3. The molecule has 2 atom stereocenters. The SMILES string of the molecule is CC.CCC(=O)Oc1c(C(Nc2ccccn2)c2cccc(N)c2Cl)cc(Cl)c2cccnc12.CCC(=O)Oc1c(C(Nc2ccccn2)c2cccc(N)c2Cl)ccc2cccnc12. The van der Waals surface area contributed by atoms with Crippen LogP contribution < -0.4 is 31.6 Å². The minimum atomic E-state index is -0.579. The van der Waals surface area contributed by atoms with E-state index >= 15 is 0 Å². The van der Waals surface area contributed by atoms with E-state index in [0.29, 0.717) is 82.7 Å². The van der Waals surface area contributed by atoms with Crippen molar-refractivity contribution in [2.24, 2.45) is 0 Å². The molecule has 12 nitrogen and oxygen atoms in total. The standard InChI is InChI=1S/C24H20Cl2N4O2.C24H21ClN4O2.C2H6/c1-2-20(31)32-24-16(13-17(25)14-8-6-12-29-23(14)24)22(30-19-10-3-4-11-28-19)15-7-5-9-18(27)21(15)26;1-2-20(30)31-24-17(12-11-15-7-6-14-28-22(15)24)23(29-19-10-3-4-13-27-19)16-8-5-9-18(26)21(16)25;1-2/h3-13,22H,2,27H2,1H3,(H,28,30);3-14,23H,2,26H2,1H3,(H,27,29);1-2H3. The van der Waals surface area contributed by atoms with Crippen LogP contribution in [0.25, 0.3) is 21.8 Å². The fourth-order valence-electron chi connectivity index (χ4n) is 6.78. The number of hydrogen-bond acceptors (Lipinski definition) is 12. The first-order valence-corrected chi connectivity index (χ1v) is 22.0. The van der Waals surface area contributed by atoms with Crippen molar-refractivity contribution in [3.8, 4) is 11.5 Å². The van der Waals surface area contributed by atoms with Crippen LogP contribution in [0.3, 0.4) is 0 Å². The van der Waals surface area contributed by atoms with Gasteiger partial charge in [-0.25, -0.2) is 9.97 Å². The Balaban J connectivity index is 0.000000208. The minimum Gasteiger partial charge on any atom is -0.424 e. The number of halogens is 3. The first kappa shape index (κ1) is 47.5. The number of aromatic nitrogens is 4. The zero-order valence-corrected chi connectivity index (χ0v) is 38.3. The molecule has 0 radical (unpaired) electrons. The lowest BCUT2D eigenvalue weighted by Gasteiger charge is -2.25. The number of nitrogens with two attached hydrogens (primary N) is 2. The van der Waals surface area contributed by atoms with Crippen molar-refractivity contribution >= 4 is 91.6 Å². The summed E-state index contributed by atoms with van der Waals surface area (Å²) in [6.45, 7) is 7.48. The van der Waals surface area contributed by atoms with E-state index in [9.17, 15) is 9.59 Å². The Morgan fingerprint density at radius 3 is 1.57 bits per heavy atom. The van der Waals surface area contributed by atoms with Gasteiger partial charge in [0, 0.05) is 59.5 Å². The molecule has 0 saturated carbocycles. The van der Waals surface area contributed by atoms with E-state index < -0.39 is 18.1 Å². The van der Waals surface area contributed by atoms with E-state index in [2.05, 4.69) is 30.6 Å². The third kappa shape index (κ3) is 11.2. The predicted molar refractivity (Wildman–Crippen MR) is 263 cm³/mol. The Labute approximate surface area is 392 Å². The third-order valence-electron chi connectivity index (χ3n) is 9.87. The second-order valence-electron chi connectivity index (χ2n) is 14.0. The van der Waals surface area contributed by atoms with Gasteiger partial charge in [0.15, 0.2) is 11.5 Å². The van der Waals surface area contributed by atoms with Gasteiger partial charge in [0.05, 0.1) is 38.5 Å². The molecule has 0 aliphatic heterocycles. The normalized spacial score (nSPS) is 11.6. The molecule has 0 aliphatic carbocycles. The topological polar surface area (TPSA) is 180 Å². The van der Waals surface area contributed by atoms with Crippen LogP contribution in [-0.4, -0.2) is 31.9 Å². The van der Waals surface area contributed by atoms with E-state index in [1.807, 2.05) is 105 Å². The molecule has 6 N–H and O–H groups in total. The van der Waals surface area contributed by atoms with Crippen LogP contribution in [0.5, 0.6) is 11.5 Å². The lowest BCUT2D eigenvalue weighted by molar-refractivity contribution is -0.134. The highest BCUT2D eigenvalue weighted by molar-refractivity contribution is 6.36. The molecule has 4 aromatic carbocycles. The number of carbonyl (C=O) groups excluding carboxylic acids is 2. The average Bonchev–Trinajstić information content (AvgIpc) is 3.34.